The van der Waals surface area contributed by atoms with Gasteiger partial charge in [-0.05, 0) is 57.0 Å². The van der Waals surface area contributed by atoms with E-state index in [0.29, 0.717) is 33.9 Å². The second-order valence-corrected chi connectivity index (χ2v) is 9.53. The van der Waals surface area contributed by atoms with Crippen LogP contribution in [0, 0.1) is 6.92 Å². The van der Waals surface area contributed by atoms with E-state index in [1.165, 1.54) is 11.8 Å². The van der Waals surface area contributed by atoms with Crippen LogP contribution in [0.1, 0.15) is 43.1 Å². The summed E-state index contributed by atoms with van der Waals surface area (Å²) in [7, 11) is 0. The van der Waals surface area contributed by atoms with Gasteiger partial charge in [-0.3, -0.25) is 23.4 Å². The number of benzene rings is 2. The van der Waals surface area contributed by atoms with Crippen molar-refractivity contribution in [2.45, 2.75) is 51.9 Å². The van der Waals surface area contributed by atoms with Crippen LogP contribution < -0.4 is 16.2 Å². The van der Waals surface area contributed by atoms with Crippen LogP contribution in [0.3, 0.4) is 0 Å². The van der Waals surface area contributed by atoms with E-state index in [9.17, 15) is 14.4 Å². The first-order valence-electron chi connectivity index (χ1n) is 11.5. The SMILES string of the molecule is CCCn1c(=O)c2ccc(C(=O)NC(C)C)cc2n2c(SCC(=O)Nc3ccccc3C)nnc12. The highest BCUT2D eigenvalue weighted by Crippen LogP contribution is 2.23. The van der Waals surface area contributed by atoms with Gasteiger partial charge in [-0.15, -0.1) is 10.2 Å². The topological polar surface area (TPSA) is 110 Å². The van der Waals surface area contributed by atoms with E-state index in [-0.39, 0.29) is 29.2 Å². The van der Waals surface area contributed by atoms with E-state index < -0.39 is 0 Å². The van der Waals surface area contributed by atoms with Crippen LogP contribution in [0.15, 0.2) is 52.4 Å². The Bertz CT molecular complexity index is 1470. The molecular weight excluding hydrogens is 464 g/mol. The minimum Gasteiger partial charge on any atom is -0.350 e. The van der Waals surface area contributed by atoms with Gasteiger partial charge in [0.2, 0.25) is 11.7 Å². The zero-order chi connectivity index (χ0) is 25.1. The van der Waals surface area contributed by atoms with Gasteiger partial charge in [0.05, 0.1) is 16.7 Å². The van der Waals surface area contributed by atoms with E-state index in [2.05, 4.69) is 20.8 Å². The summed E-state index contributed by atoms with van der Waals surface area (Å²) in [6, 6.07) is 12.5. The number of fused-ring (bicyclic) bond motifs is 3. The molecule has 0 unspecified atom stereocenters. The molecule has 10 heteroatoms. The fourth-order valence-electron chi connectivity index (χ4n) is 3.82. The van der Waals surface area contributed by atoms with E-state index in [0.717, 1.165) is 17.7 Å². The van der Waals surface area contributed by atoms with Crippen LogP contribution in [0.25, 0.3) is 16.7 Å². The predicted octanol–water partition coefficient (Wildman–Crippen LogP) is 3.63. The normalized spacial score (nSPS) is 11.3. The fraction of sp³-hybridized carbons (Fsp3) is 0.320. The molecule has 4 rings (SSSR count). The number of para-hydroxylation sites is 1. The molecule has 0 fully saturated rings. The van der Waals surface area contributed by atoms with Crippen molar-refractivity contribution in [3.8, 4) is 0 Å². The zero-order valence-corrected chi connectivity index (χ0v) is 21.0. The summed E-state index contributed by atoms with van der Waals surface area (Å²) in [6.45, 7) is 8.16. The molecule has 0 saturated carbocycles. The Hall–Kier alpha value is -3.66. The molecule has 0 saturated heterocycles. The van der Waals surface area contributed by atoms with Crippen molar-refractivity contribution in [1.29, 1.82) is 0 Å². The number of aromatic nitrogens is 4. The van der Waals surface area contributed by atoms with Gasteiger partial charge in [-0.2, -0.15) is 0 Å². The summed E-state index contributed by atoms with van der Waals surface area (Å²) < 4.78 is 3.34. The van der Waals surface area contributed by atoms with E-state index in [1.807, 2.05) is 52.0 Å². The summed E-state index contributed by atoms with van der Waals surface area (Å²) in [6.07, 6.45) is 0.740. The number of thioether (sulfide) groups is 1. The number of nitrogens with one attached hydrogen (secondary N) is 2. The van der Waals surface area contributed by atoms with Crippen LogP contribution in [0.5, 0.6) is 0 Å². The van der Waals surface area contributed by atoms with Crippen LogP contribution >= 0.6 is 11.8 Å². The molecule has 2 aromatic heterocycles. The first-order valence-corrected chi connectivity index (χ1v) is 12.5. The fourth-order valence-corrected chi connectivity index (χ4v) is 4.56. The largest absolute Gasteiger partial charge is 0.350 e. The van der Waals surface area contributed by atoms with E-state index in [4.69, 9.17) is 0 Å². The molecule has 182 valence electrons. The maximum atomic E-state index is 13.2. The van der Waals surface area contributed by atoms with Crippen molar-refractivity contribution < 1.29 is 9.59 Å². The Labute approximate surface area is 206 Å². The second-order valence-electron chi connectivity index (χ2n) is 8.59. The highest BCUT2D eigenvalue weighted by atomic mass is 32.2. The van der Waals surface area contributed by atoms with Crippen molar-refractivity contribution in [3.63, 3.8) is 0 Å². The molecule has 0 aliphatic carbocycles. The lowest BCUT2D eigenvalue weighted by Crippen LogP contribution is -2.30. The van der Waals surface area contributed by atoms with Crippen molar-refractivity contribution in [2.75, 3.05) is 11.1 Å². The van der Waals surface area contributed by atoms with Crippen molar-refractivity contribution in [2.24, 2.45) is 0 Å². The maximum Gasteiger partial charge on any atom is 0.262 e. The Morgan fingerprint density at radius 3 is 2.60 bits per heavy atom. The Morgan fingerprint density at radius 1 is 1.11 bits per heavy atom. The third-order valence-corrected chi connectivity index (χ3v) is 6.38. The molecule has 2 aromatic carbocycles. The summed E-state index contributed by atoms with van der Waals surface area (Å²) in [4.78, 5) is 38.5. The molecule has 0 aliphatic rings. The van der Waals surface area contributed by atoms with Crippen LogP contribution in [-0.2, 0) is 11.3 Å². The monoisotopic (exact) mass is 492 g/mol. The third kappa shape index (κ3) is 5.07. The third-order valence-electron chi connectivity index (χ3n) is 5.45. The Balaban J connectivity index is 1.74. The van der Waals surface area contributed by atoms with Gasteiger partial charge >= 0.3 is 0 Å². The summed E-state index contributed by atoms with van der Waals surface area (Å²) in [5.41, 5.74) is 2.50. The van der Waals surface area contributed by atoms with E-state index in [1.54, 1.807) is 27.2 Å². The van der Waals surface area contributed by atoms with Gasteiger partial charge in [-0.1, -0.05) is 36.9 Å². The number of carbonyl (C=O) groups excluding carboxylic acids is 2. The van der Waals surface area contributed by atoms with Gasteiger partial charge in [-0.25, -0.2) is 0 Å². The number of hydrogen-bond donors (Lipinski definition) is 2. The number of amides is 2. The molecule has 0 aliphatic heterocycles. The summed E-state index contributed by atoms with van der Waals surface area (Å²) >= 11 is 1.22. The van der Waals surface area contributed by atoms with Gasteiger partial charge in [0.15, 0.2) is 5.16 Å². The molecule has 0 radical (unpaired) electrons. The first-order chi connectivity index (χ1) is 16.8. The van der Waals surface area contributed by atoms with Crippen LogP contribution in [0.2, 0.25) is 0 Å². The van der Waals surface area contributed by atoms with Crippen molar-refractivity contribution >= 4 is 45.9 Å². The molecule has 4 aromatic rings. The van der Waals surface area contributed by atoms with Crippen LogP contribution in [0.4, 0.5) is 5.69 Å². The van der Waals surface area contributed by atoms with Crippen molar-refractivity contribution in [3.05, 3.63) is 63.9 Å². The molecule has 0 spiro atoms. The quantitative estimate of drug-likeness (QED) is 0.364. The second kappa shape index (κ2) is 10.3. The molecule has 2 N–H and O–H groups in total. The summed E-state index contributed by atoms with van der Waals surface area (Å²) in [5, 5.41) is 15.3. The van der Waals surface area contributed by atoms with Gasteiger partial charge in [0.25, 0.3) is 11.5 Å². The van der Waals surface area contributed by atoms with Gasteiger partial charge in [0.1, 0.15) is 0 Å². The number of hydrogen-bond acceptors (Lipinski definition) is 6. The zero-order valence-electron chi connectivity index (χ0n) is 20.2. The standard InChI is InChI=1S/C25H28N6O3S/c1-5-12-30-23(34)18-11-10-17(22(33)26-15(2)3)13-20(18)31-24(30)28-29-25(31)35-14-21(32)27-19-9-7-6-8-16(19)4/h6-11,13,15H,5,12,14H2,1-4H3,(H,26,33)(H,27,32). The molecule has 0 bridgehead atoms. The number of aryl methyl sites for hydroxylation is 2. The molecule has 0 atom stereocenters. The smallest absolute Gasteiger partial charge is 0.262 e. The van der Waals surface area contributed by atoms with E-state index >= 15 is 0 Å². The number of anilines is 1. The van der Waals surface area contributed by atoms with Crippen molar-refractivity contribution in [1.82, 2.24) is 24.5 Å². The van der Waals surface area contributed by atoms with Gasteiger partial charge in [0, 0.05) is 23.8 Å². The number of carbonyl (C=O) groups is 2. The lowest BCUT2D eigenvalue weighted by Gasteiger charge is -2.13. The average Bonchev–Trinajstić information content (AvgIpc) is 3.25. The van der Waals surface area contributed by atoms with Crippen LogP contribution in [-0.4, -0.2) is 42.8 Å². The molecule has 2 amide bonds. The Morgan fingerprint density at radius 2 is 1.89 bits per heavy atom. The lowest BCUT2D eigenvalue weighted by atomic mass is 10.1. The maximum absolute atomic E-state index is 13.2. The molecule has 35 heavy (non-hydrogen) atoms. The molecular formula is C25H28N6O3S. The Kier molecular flexibility index (Phi) is 7.20. The molecule has 2 heterocycles. The molecule has 9 nitrogen and oxygen atoms in total. The first kappa shape index (κ1) is 24.5. The number of nitrogens with zero attached hydrogens (tertiary/aromatic N) is 4. The predicted molar refractivity (Wildman–Crippen MR) is 138 cm³/mol. The summed E-state index contributed by atoms with van der Waals surface area (Å²) in [5.74, 6) is 0.0846. The average molecular weight is 493 g/mol. The lowest BCUT2D eigenvalue weighted by molar-refractivity contribution is -0.113. The number of rotatable bonds is 8. The highest BCUT2D eigenvalue weighted by molar-refractivity contribution is 7.99. The van der Waals surface area contributed by atoms with Gasteiger partial charge < -0.3 is 10.6 Å². The minimum absolute atomic E-state index is 0.0245. The highest BCUT2D eigenvalue weighted by Gasteiger charge is 2.19. The minimum atomic E-state index is -0.229.